The number of ether oxygens (including phenoxy) is 1. The molecule has 0 aliphatic carbocycles. The highest BCUT2D eigenvalue weighted by Gasteiger charge is 2.22. The van der Waals surface area contributed by atoms with Crippen LogP contribution in [0.5, 0.6) is 0 Å². The van der Waals surface area contributed by atoms with E-state index in [4.69, 9.17) is 4.74 Å². The largest absolute Gasteiger partial charge is 0.466 e. The molecule has 6 nitrogen and oxygen atoms in total. The van der Waals surface area contributed by atoms with Gasteiger partial charge in [-0.1, -0.05) is 30.3 Å². The number of carbonyl (C=O) groups excluding carboxylic acids is 3. The highest BCUT2D eigenvalue weighted by atomic mass is 32.2. The lowest BCUT2D eigenvalue weighted by Crippen LogP contribution is -2.35. The lowest BCUT2D eigenvalue weighted by Gasteiger charge is -2.18. The maximum atomic E-state index is 12.6. The molecular weight excluding hydrogens is 376 g/mol. The monoisotopic (exact) mass is 398 g/mol. The number of amides is 2. The van der Waals surface area contributed by atoms with Crippen LogP contribution < -0.4 is 10.6 Å². The van der Waals surface area contributed by atoms with Gasteiger partial charge in [-0.2, -0.15) is 0 Å². The fourth-order valence-corrected chi connectivity index (χ4v) is 3.73. The van der Waals surface area contributed by atoms with E-state index in [1.807, 2.05) is 36.4 Å². The minimum absolute atomic E-state index is 0.0831. The summed E-state index contributed by atoms with van der Waals surface area (Å²) in [5.74, 6) is -0.811. The van der Waals surface area contributed by atoms with Crippen molar-refractivity contribution in [2.75, 3.05) is 24.2 Å². The van der Waals surface area contributed by atoms with E-state index < -0.39 is 5.92 Å². The van der Waals surface area contributed by atoms with E-state index in [9.17, 15) is 14.4 Å². The zero-order valence-electron chi connectivity index (χ0n) is 15.6. The number of carbonyl (C=O) groups is 3. The van der Waals surface area contributed by atoms with Gasteiger partial charge in [-0.3, -0.25) is 14.4 Å². The number of nitrogens with one attached hydrogen (secondary N) is 2. The van der Waals surface area contributed by atoms with E-state index in [1.54, 1.807) is 19.1 Å². The van der Waals surface area contributed by atoms with Crippen molar-refractivity contribution in [3.63, 3.8) is 0 Å². The van der Waals surface area contributed by atoms with Crippen molar-refractivity contribution in [3.8, 4) is 0 Å². The van der Waals surface area contributed by atoms with Crippen LogP contribution in [0.15, 0.2) is 53.4 Å². The van der Waals surface area contributed by atoms with Gasteiger partial charge in [0.2, 0.25) is 5.91 Å². The molecule has 0 fully saturated rings. The molecule has 2 aromatic carbocycles. The van der Waals surface area contributed by atoms with Gasteiger partial charge in [0.1, 0.15) is 0 Å². The molecule has 1 unspecified atom stereocenters. The third kappa shape index (κ3) is 5.13. The fraction of sp³-hybridized carbons (Fsp3) is 0.286. The molecule has 1 atom stereocenters. The number of rotatable bonds is 7. The molecule has 2 aromatic rings. The smallest absolute Gasteiger partial charge is 0.311 e. The van der Waals surface area contributed by atoms with Crippen molar-refractivity contribution < 1.29 is 19.1 Å². The fourth-order valence-electron chi connectivity index (χ4n) is 2.94. The van der Waals surface area contributed by atoms with Crippen molar-refractivity contribution in [1.29, 1.82) is 0 Å². The Hall–Kier alpha value is -2.80. The van der Waals surface area contributed by atoms with E-state index in [-0.39, 0.29) is 24.3 Å². The molecule has 2 N–H and O–H groups in total. The molecule has 1 heterocycles. The highest BCUT2D eigenvalue weighted by Crippen LogP contribution is 2.31. The van der Waals surface area contributed by atoms with Crippen LogP contribution in [0, 0.1) is 5.92 Å². The average Bonchev–Trinajstić information content (AvgIpc) is 2.71. The Morgan fingerprint density at radius 1 is 1.21 bits per heavy atom. The molecule has 2 amide bonds. The van der Waals surface area contributed by atoms with Crippen LogP contribution in [-0.2, 0) is 20.7 Å². The van der Waals surface area contributed by atoms with Gasteiger partial charge in [-0.25, -0.2) is 0 Å². The highest BCUT2D eigenvalue weighted by molar-refractivity contribution is 8.00. The first-order valence-electron chi connectivity index (χ1n) is 9.12. The number of benzene rings is 2. The van der Waals surface area contributed by atoms with Gasteiger partial charge in [0.25, 0.3) is 5.91 Å². The molecule has 0 radical (unpaired) electrons. The SMILES string of the molecule is CCOC(=O)C(CNC(=O)c1ccc2c(c1)NC(=O)CS2)Cc1ccccc1. The summed E-state index contributed by atoms with van der Waals surface area (Å²) in [6.45, 7) is 2.22. The van der Waals surface area contributed by atoms with E-state index in [0.717, 1.165) is 10.5 Å². The van der Waals surface area contributed by atoms with E-state index in [0.29, 0.717) is 30.0 Å². The van der Waals surface area contributed by atoms with Gasteiger partial charge >= 0.3 is 5.97 Å². The van der Waals surface area contributed by atoms with Gasteiger partial charge in [0.15, 0.2) is 0 Å². The lowest BCUT2D eigenvalue weighted by molar-refractivity contribution is -0.147. The Bertz CT molecular complexity index is 870. The number of fused-ring (bicyclic) bond motifs is 1. The minimum Gasteiger partial charge on any atom is -0.466 e. The molecule has 1 aliphatic heterocycles. The van der Waals surface area contributed by atoms with E-state index >= 15 is 0 Å². The molecule has 0 bridgehead atoms. The summed E-state index contributed by atoms with van der Waals surface area (Å²) < 4.78 is 5.16. The van der Waals surface area contributed by atoms with Crippen LogP contribution in [0.1, 0.15) is 22.8 Å². The van der Waals surface area contributed by atoms with E-state index in [2.05, 4.69) is 10.6 Å². The zero-order chi connectivity index (χ0) is 19.9. The van der Waals surface area contributed by atoms with Gasteiger partial charge in [0.05, 0.1) is 24.0 Å². The maximum Gasteiger partial charge on any atom is 0.311 e. The predicted molar refractivity (Wildman–Crippen MR) is 108 cm³/mol. The van der Waals surface area contributed by atoms with Crippen LogP contribution in [0.25, 0.3) is 0 Å². The Labute approximate surface area is 168 Å². The van der Waals surface area contributed by atoms with Crippen LogP contribution in [0.2, 0.25) is 0 Å². The van der Waals surface area contributed by atoms with Gasteiger partial charge in [0, 0.05) is 17.0 Å². The Kier molecular flexibility index (Phi) is 6.71. The number of hydrogen-bond donors (Lipinski definition) is 2. The van der Waals surface area contributed by atoms with E-state index in [1.165, 1.54) is 11.8 Å². The van der Waals surface area contributed by atoms with Crippen molar-refractivity contribution in [2.45, 2.75) is 18.2 Å². The predicted octanol–water partition coefficient (Wildman–Crippen LogP) is 2.88. The zero-order valence-corrected chi connectivity index (χ0v) is 16.4. The Morgan fingerprint density at radius 3 is 2.75 bits per heavy atom. The van der Waals surface area contributed by atoms with Crippen molar-refractivity contribution >= 4 is 35.2 Å². The van der Waals surface area contributed by atoms with Gasteiger partial charge < -0.3 is 15.4 Å². The summed E-state index contributed by atoms with van der Waals surface area (Å²) in [4.78, 5) is 37.4. The quantitative estimate of drug-likeness (QED) is 0.701. The summed E-state index contributed by atoms with van der Waals surface area (Å²) in [7, 11) is 0. The van der Waals surface area contributed by atoms with Crippen LogP contribution >= 0.6 is 11.8 Å². The first kappa shape index (κ1) is 19.9. The van der Waals surface area contributed by atoms with Crippen molar-refractivity contribution in [1.82, 2.24) is 5.32 Å². The summed E-state index contributed by atoms with van der Waals surface area (Å²) in [5, 5.41) is 5.59. The Balaban J connectivity index is 1.66. The van der Waals surface area contributed by atoms with Crippen LogP contribution in [-0.4, -0.2) is 36.7 Å². The minimum atomic E-state index is -0.473. The molecule has 0 aromatic heterocycles. The molecule has 146 valence electrons. The molecule has 7 heteroatoms. The van der Waals surface area contributed by atoms with Gasteiger partial charge in [-0.15, -0.1) is 11.8 Å². The van der Waals surface area contributed by atoms with Gasteiger partial charge in [-0.05, 0) is 37.1 Å². The summed E-state index contributed by atoms with van der Waals surface area (Å²) in [5.41, 5.74) is 2.08. The lowest BCUT2D eigenvalue weighted by atomic mass is 9.99. The number of thioether (sulfide) groups is 1. The average molecular weight is 398 g/mol. The molecule has 3 rings (SSSR count). The number of esters is 1. The third-order valence-electron chi connectivity index (χ3n) is 4.33. The normalized spacial score (nSPS) is 13.8. The summed E-state index contributed by atoms with van der Waals surface area (Å²) in [6, 6.07) is 14.8. The second-order valence-corrected chi connectivity index (χ2v) is 7.41. The molecule has 0 saturated heterocycles. The van der Waals surface area contributed by atoms with Crippen LogP contribution in [0.4, 0.5) is 5.69 Å². The molecule has 0 spiro atoms. The van der Waals surface area contributed by atoms with Crippen molar-refractivity contribution in [3.05, 3.63) is 59.7 Å². The second-order valence-electron chi connectivity index (χ2n) is 6.40. The first-order valence-corrected chi connectivity index (χ1v) is 10.1. The molecule has 28 heavy (non-hydrogen) atoms. The summed E-state index contributed by atoms with van der Waals surface area (Å²) >= 11 is 1.44. The maximum absolute atomic E-state index is 12.6. The Morgan fingerprint density at radius 2 is 2.00 bits per heavy atom. The van der Waals surface area contributed by atoms with Crippen LogP contribution in [0.3, 0.4) is 0 Å². The van der Waals surface area contributed by atoms with Crippen molar-refractivity contribution in [2.24, 2.45) is 5.92 Å². The molecular formula is C21H22N2O4S. The molecule has 0 saturated carbocycles. The topological polar surface area (TPSA) is 84.5 Å². The molecule has 1 aliphatic rings. The first-order chi connectivity index (χ1) is 13.6. The third-order valence-corrected chi connectivity index (χ3v) is 5.40. The number of hydrogen-bond acceptors (Lipinski definition) is 5. The number of anilines is 1. The standard InChI is InChI=1S/C21H22N2O4S/c1-2-27-21(26)16(10-14-6-4-3-5-7-14)12-22-20(25)15-8-9-18-17(11-15)23-19(24)13-28-18/h3-9,11,16H,2,10,12-13H2,1H3,(H,22,25)(H,23,24). The second kappa shape index (κ2) is 9.41. The summed E-state index contributed by atoms with van der Waals surface area (Å²) in [6.07, 6.45) is 0.483.